The zero-order chi connectivity index (χ0) is 21.1. The smallest absolute Gasteiger partial charge is 0.368 e. The number of halogens is 3. The normalized spacial score (nSPS) is 14.6. The summed E-state index contributed by atoms with van der Waals surface area (Å²) in [6, 6.07) is 22.8. The lowest BCUT2D eigenvalue weighted by Gasteiger charge is -2.36. The highest BCUT2D eigenvalue weighted by atomic mass is 19.4. The van der Waals surface area contributed by atoms with Crippen LogP contribution in [0.4, 0.5) is 18.9 Å². The number of rotatable bonds is 3. The second kappa shape index (κ2) is 8.22. The van der Waals surface area contributed by atoms with Gasteiger partial charge in [0.2, 0.25) is 0 Å². The Morgan fingerprint density at radius 1 is 0.733 bits per heavy atom. The predicted octanol–water partition coefficient (Wildman–Crippen LogP) is 5.33. The van der Waals surface area contributed by atoms with Gasteiger partial charge in [-0.05, 0) is 41.5 Å². The van der Waals surface area contributed by atoms with Crippen LogP contribution in [0, 0.1) is 0 Å². The van der Waals surface area contributed by atoms with E-state index in [1.54, 1.807) is 11.0 Å². The zero-order valence-corrected chi connectivity index (χ0v) is 16.3. The standard InChI is InChI=1S/C24H21F3N2O/c25-24(26,27)21-7-4-8-22(17-21)28-13-15-29(16-14-28)23(30)20-11-9-19(10-12-20)18-5-2-1-3-6-18/h1-12,17H,13-16H2. The highest BCUT2D eigenvalue weighted by Gasteiger charge is 2.31. The maximum absolute atomic E-state index is 13.0. The van der Waals surface area contributed by atoms with Gasteiger partial charge in [-0.25, -0.2) is 0 Å². The summed E-state index contributed by atoms with van der Waals surface area (Å²) in [5, 5.41) is 0. The van der Waals surface area contributed by atoms with Gasteiger partial charge in [0.25, 0.3) is 5.91 Å². The number of piperazine rings is 1. The van der Waals surface area contributed by atoms with Crippen LogP contribution in [-0.4, -0.2) is 37.0 Å². The molecule has 1 aliphatic heterocycles. The van der Waals surface area contributed by atoms with Gasteiger partial charge in [0.15, 0.2) is 0 Å². The molecule has 4 rings (SSSR count). The lowest BCUT2D eigenvalue weighted by Crippen LogP contribution is -2.48. The predicted molar refractivity (Wildman–Crippen MR) is 111 cm³/mol. The summed E-state index contributed by atoms with van der Waals surface area (Å²) in [5.41, 5.74) is 2.62. The van der Waals surface area contributed by atoms with Gasteiger partial charge in [0.05, 0.1) is 5.56 Å². The Bertz CT molecular complexity index is 1010. The summed E-state index contributed by atoms with van der Waals surface area (Å²) >= 11 is 0. The molecule has 1 saturated heterocycles. The Labute approximate surface area is 173 Å². The average Bonchev–Trinajstić information content (AvgIpc) is 2.79. The maximum atomic E-state index is 13.0. The first-order valence-electron chi connectivity index (χ1n) is 9.79. The molecule has 1 fully saturated rings. The van der Waals surface area contributed by atoms with E-state index in [0.29, 0.717) is 37.4 Å². The van der Waals surface area contributed by atoms with Crippen molar-refractivity contribution in [3.63, 3.8) is 0 Å². The molecule has 0 aromatic heterocycles. The van der Waals surface area contributed by atoms with Crippen molar-refractivity contribution < 1.29 is 18.0 Å². The van der Waals surface area contributed by atoms with Gasteiger partial charge >= 0.3 is 6.18 Å². The van der Waals surface area contributed by atoms with Gasteiger partial charge in [-0.2, -0.15) is 13.2 Å². The van der Waals surface area contributed by atoms with Crippen LogP contribution in [0.2, 0.25) is 0 Å². The van der Waals surface area contributed by atoms with Crippen LogP contribution in [0.25, 0.3) is 11.1 Å². The molecular formula is C24H21F3N2O. The fourth-order valence-electron chi connectivity index (χ4n) is 3.67. The molecule has 0 N–H and O–H groups in total. The summed E-state index contributed by atoms with van der Waals surface area (Å²) in [6.45, 7) is 1.93. The van der Waals surface area contributed by atoms with E-state index in [1.807, 2.05) is 59.5 Å². The number of hydrogen-bond donors (Lipinski definition) is 0. The van der Waals surface area contributed by atoms with Gasteiger partial charge in [-0.15, -0.1) is 0 Å². The van der Waals surface area contributed by atoms with E-state index in [9.17, 15) is 18.0 Å². The molecule has 30 heavy (non-hydrogen) atoms. The number of nitrogens with zero attached hydrogens (tertiary/aromatic N) is 2. The molecule has 3 aromatic carbocycles. The van der Waals surface area contributed by atoms with Crippen LogP contribution in [0.5, 0.6) is 0 Å². The molecule has 0 saturated carbocycles. The third-order valence-corrected chi connectivity index (χ3v) is 5.34. The maximum Gasteiger partial charge on any atom is 0.416 e. The highest BCUT2D eigenvalue weighted by Crippen LogP contribution is 2.32. The minimum atomic E-state index is -4.36. The van der Waals surface area contributed by atoms with Crippen molar-refractivity contribution in [2.75, 3.05) is 31.1 Å². The molecule has 1 aliphatic rings. The third kappa shape index (κ3) is 4.32. The van der Waals surface area contributed by atoms with Gasteiger partial charge in [0, 0.05) is 37.4 Å². The molecule has 1 amide bonds. The highest BCUT2D eigenvalue weighted by molar-refractivity contribution is 5.95. The third-order valence-electron chi connectivity index (χ3n) is 5.34. The van der Waals surface area contributed by atoms with Crippen molar-refractivity contribution in [2.45, 2.75) is 6.18 Å². The first-order chi connectivity index (χ1) is 14.4. The number of carbonyl (C=O) groups excluding carboxylic acids is 1. The monoisotopic (exact) mass is 410 g/mol. The van der Waals surface area contributed by atoms with E-state index in [0.717, 1.165) is 17.2 Å². The average molecular weight is 410 g/mol. The van der Waals surface area contributed by atoms with Gasteiger partial charge in [0.1, 0.15) is 0 Å². The molecule has 6 heteroatoms. The topological polar surface area (TPSA) is 23.6 Å². The van der Waals surface area contributed by atoms with Crippen molar-refractivity contribution in [2.24, 2.45) is 0 Å². The number of carbonyl (C=O) groups is 1. The molecule has 0 unspecified atom stereocenters. The SMILES string of the molecule is O=C(c1ccc(-c2ccccc2)cc1)N1CCN(c2cccc(C(F)(F)F)c2)CC1. The van der Waals surface area contributed by atoms with E-state index < -0.39 is 11.7 Å². The van der Waals surface area contributed by atoms with Crippen LogP contribution in [0.15, 0.2) is 78.9 Å². The fraction of sp³-hybridized carbons (Fsp3) is 0.208. The van der Waals surface area contributed by atoms with E-state index in [2.05, 4.69) is 0 Å². The molecule has 0 bridgehead atoms. The summed E-state index contributed by atoms with van der Waals surface area (Å²) in [7, 11) is 0. The Balaban J connectivity index is 1.40. The van der Waals surface area contributed by atoms with Crippen LogP contribution >= 0.6 is 0 Å². The van der Waals surface area contributed by atoms with Crippen LogP contribution < -0.4 is 4.90 Å². The van der Waals surface area contributed by atoms with Crippen LogP contribution in [0.1, 0.15) is 15.9 Å². The number of amides is 1. The first kappa shape index (κ1) is 20.0. The molecule has 0 radical (unpaired) electrons. The van der Waals surface area contributed by atoms with Crippen LogP contribution in [0.3, 0.4) is 0 Å². The van der Waals surface area contributed by atoms with Crippen molar-refractivity contribution in [3.8, 4) is 11.1 Å². The molecule has 3 nitrogen and oxygen atoms in total. The fourth-order valence-corrected chi connectivity index (χ4v) is 3.67. The molecule has 154 valence electrons. The Kier molecular flexibility index (Phi) is 5.48. The molecule has 1 heterocycles. The van der Waals surface area contributed by atoms with Gasteiger partial charge in [-0.3, -0.25) is 4.79 Å². The van der Waals surface area contributed by atoms with Crippen molar-refractivity contribution in [1.82, 2.24) is 4.90 Å². The molecular weight excluding hydrogens is 389 g/mol. The molecule has 0 atom stereocenters. The summed E-state index contributed by atoms with van der Waals surface area (Å²) in [5.74, 6) is -0.0571. The van der Waals surface area contributed by atoms with E-state index >= 15 is 0 Å². The number of benzene rings is 3. The molecule has 0 spiro atoms. The molecule has 0 aliphatic carbocycles. The quantitative estimate of drug-likeness (QED) is 0.582. The van der Waals surface area contributed by atoms with Crippen molar-refractivity contribution in [1.29, 1.82) is 0 Å². The van der Waals surface area contributed by atoms with Crippen LogP contribution in [-0.2, 0) is 6.18 Å². The Morgan fingerprint density at radius 2 is 1.37 bits per heavy atom. The lowest BCUT2D eigenvalue weighted by molar-refractivity contribution is -0.137. The minimum Gasteiger partial charge on any atom is -0.368 e. The lowest BCUT2D eigenvalue weighted by atomic mass is 10.0. The second-order valence-corrected chi connectivity index (χ2v) is 7.27. The first-order valence-corrected chi connectivity index (χ1v) is 9.79. The Hall–Kier alpha value is -3.28. The largest absolute Gasteiger partial charge is 0.416 e. The van der Waals surface area contributed by atoms with E-state index in [4.69, 9.17) is 0 Å². The van der Waals surface area contributed by atoms with E-state index in [-0.39, 0.29) is 5.91 Å². The second-order valence-electron chi connectivity index (χ2n) is 7.27. The van der Waals surface area contributed by atoms with Crippen molar-refractivity contribution >= 4 is 11.6 Å². The van der Waals surface area contributed by atoms with Crippen molar-refractivity contribution in [3.05, 3.63) is 90.0 Å². The number of hydrogen-bond acceptors (Lipinski definition) is 2. The van der Waals surface area contributed by atoms with E-state index in [1.165, 1.54) is 12.1 Å². The molecule has 3 aromatic rings. The Morgan fingerprint density at radius 3 is 2.00 bits per heavy atom. The summed E-state index contributed by atoms with van der Waals surface area (Å²) in [6.07, 6.45) is -4.36. The zero-order valence-electron chi connectivity index (χ0n) is 16.3. The van der Waals surface area contributed by atoms with Gasteiger partial charge < -0.3 is 9.80 Å². The number of alkyl halides is 3. The van der Waals surface area contributed by atoms with Gasteiger partial charge in [-0.1, -0.05) is 48.5 Å². The summed E-state index contributed by atoms with van der Waals surface area (Å²) in [4.78, 5) is 16.5. The number of anilines is 1. The minimum absolute atomic E-state index is 0.0571. The summed E-state index contributed by atoms with van der Waals surface area (Å²) < 4.78 is 38.9.